The number of pyridine rings is 1. The minimum absolute atomic E-state index is 0.0728. The Balaban J connectivity index is 1.77. The van der Waals surface area contributed by atoms with Gasteiger partial charge in [-0.15, -0.1) is 0 Å². The van der Waals surface area contributed by atoms with E-state index in [9.17, 15) is 4.79 Å². The standard InChI is InChI=1S/C22H25ClFN5O/c1-29(2)22(30)20-18(26)6-5-15(21(20)24)16-12-28-19(10-17(16)23)27-11-14-4-3-13(9-14)7-8-25/h5-6,10,12-14H,3-4,7,9,11,26H2,1-2H3,(H,27,28). The normalized spacial score (nSPS) is 18.1. The highest BCUT2D eigenvalue weighted by molar-refractivity contribution is 6.33. The van der Waals surface area contributed by atoms with Crippen molar-refractivity contribution < 1.29 is 9.18 Å². The number of benzene rings is 1. The molecular weight excluding hydrogens is 405 g/mol. The van der Waals surface area contributed by atoms with E-state index in [1.807, 2.05) is 0 Å². The van der Waals surface area contributed by atoms with Gasteiger partial charge in [0, 0.05) is 50.1 Å². The lowest BCUT2D eigenvalue weighted by Gasteiger charge is -2.16. The van der Waals surface area contributed by atoms with Gasteiger partial charge in [-0.1, -0.05) is 11.6 Å². The largest absolute Gasteiger partial charge is 0.398 e. The molecule has 1 aliphatic carbocycles. The topological polar surface area (TPSA) is 95.0 Å². The van der Waals surface area contributed by atoms with Gasteiger partial charge >= 0.3 is 0 Å². The number of rotatable bonds is 6. The monoisotopic (exact) mass is 429 g/mol. The van der Waals surface area contributed by atoms with Crippen LogP contribution in [-0.2, 0) is 0 Å². The summed E-state index contributed by atoms with van der Waals surface area (Å²) in [6.45, 7) is 0.752. The molecule has 0 bridgehead atoms. The van der Waals surface area contributed by atoms with Crippen molar-refractivity contribution in [3.8, 4) is 17.2 Å². The molecule has 1 fully saturated rings. The van der Waals surface area contributed by atoms with E-state index in [4.69, 9.17) is 22.6 Å². The van der Waals surface area contributed by atoms with Crippen LogP contribution in [0, 0.1) is 29.0 Å². The molecule has 2 atom stereocenters. The summed E-state index contributed by atoms with van der Waals surface area (Å²) in [6, 6.07) is 6.90. The highest BCUT2D eigenvalue weighted by Crippen LogP contribution is 2.35. The highest BCUT2D eigenvalue weighted by Gasteiger charge is 2.25. The Kier molecular flexibility index (Phi) is 6.78. The number of anilines is 2. The van der Waals surface area contributed by atoms with Crippen molar-refractivity contribution in [3.63, 3.8) is 0 Å². The first-order valence-electron chi connectivity index (χ1n) is 9.88. The number of nitrogen functional groups attached to an aromatic ring is 1. The van der Waals surface area contributed by atoms with E-state index in [1.54, 1.807) is 6.07 Å². The minimum Gasteiger partial charge on any atom is -0.398 e. The summed E-state index contributed by atoms with van der Waals surface area (Å²) in [7, 11) is 3.07. The molecule has 0 radical (unpaired) electrons. The van der Waals surface area contributed by atoms with Crippen LogP contribution in [0.5, 0.6) is 0 Å². The summed E-state index contributed by atoms with van der Waals surface area (Å²) in [5.74, 6) is 0.354. The molecule has 0 aliphatic heterocycles. The van der Waals surface area contributed by atoms with Gasteiger partial charge < -0.3 is 16.0 Å². The summed E-state index contributed by atoms with van der Waals surface area (Å²) in [4.78, 5) is 18.0. The SMILES string of the molecule is CN(C)C(=O)c1c(N)ccc(-c2cnc(NCC3CCC(CC#N)C3)cc2Cl)c1F. The van der Waals surface area contributed by atoms with Gasteiger partial charge in [-0.2, -0.15) is 5.26 Å². The van der Waals surface area contributed by atoms with Gasteiger partial charge in [-0.3, -0.25) is 4.79 Å². The lowest BCUT2D eigenvalue weighted by Crippen LogP contribution is -2.24. The third-order valence-corrected chi connectivity index (χ3v) is 5.85. The Morgan fingerprint density at radius 1 is 1.37 bits per heavy atom. The Hall–Kier alpha value is -2.85. The lowest BCUT2D eigenvalue weighted by atomic mass is 10.0. The number of halogens is 2. The summed E-state index contributed by atoms with van der Waals surface area (Å²) >= 11 is 6.42. The summed E-state index contributed by atoms with van der Waals surface area (Å²) < 4.78 is 15.1. The number of amides is 1. The summed E-state index contributed by atoms with van der Waals surface area (Å²) in [5, 5.41) is 12.4. The van der Waals surface area contributed by atoms with E-state index in [2.05, 4.69) is 16.4 Å². The Bertz CT molecular complexity index is 988. The van der Waals surface area contributed by atoms with Gasteiger partial charge in [0.05, 0.1) is 16.7 Å². The quantitative estimate of drug-likeness (QED) is 0.656. The zero-order chi connectivity index (χ0) is 21.8. The van der Waals surface area contributed by atoms with Crippen molar-refractivity contribution in [3.05, 3.63) is 40.8 Å². The van der Waals surface area contributed by atoms with Crippen molar-refractivity contribution in [2.75, 3.05) is 31.7 Å². The summed E-state index contributed by atoms with van der Waals surface area (Å²) in [5.41, 5.74) is 6.29. The summed E-state index contributed by atoms with van der Waals surface area (Å²) in [6.07, 6.45) is 5.31. The van der Waals surface area contributed by atoms with Crippen LogP contribution in [0.2, 0.25) is 5.02 Å². The van der Waals surface area contributed by atoms with Gasteiger partial charge in [0.25, 0.3) is 5.91 Å². The predicted octanol–water partition coefficient (Wildman–Crippen LogP) is 4.57. The van der Waals surface area contributed by atoms with E-state index in [0.29, 0.717) is 34.7 Å². The molecule has 0 saturated heterocycles. The fourth-order valence-electron chi connectivity index (χ4n) is 3.89. The minimum atomic E-state index is -0.715. The van der Waals surface area contributed by atoms with Gasteiger partial charge in [0.1, 0.15) is 11.6 Å². The molecule has 2 unspecified atom stereocenters. The van der Waals surface area contributed by atoms with E-state index >= 15 is 4.39 Å². The number of nitrogens with one attached hydrogen (secondary N) is 1. The van der Waals surface area contributed by atoms with Gasteiger partial charge in [0.15, 0.2) is 0 Å². The highest BCUT2D eigenvalue weighted by atomic mass is 35.5. The molecule has 1 aliphatic rings. The molecule has 158 valence electrons. The third kappa shape index (κ3) is 4.65. The first-order chi connectivity index (χ1) is 14.3. The van der Waals surface area contributed by atoms with Gasteiger partial charge in [0.2, 0.25) is 0 Å². The number of nitriles is 1. The Labute approximate surface area is 180 Å². The molecule has 1 amide bonds. The molecule has 0 spiro atoms. The zero-order valence-corrected chi connectivity index (χ0v) is 17.8. The van der Waals surface area contributed by atoms with E-state index in [1.165, 1.54) is 37.3 Å². The number of nitrogens with two attached hydrogens (primary N) is 1. The van der Waals surface area contributed by atoms with E-state index in [0.717, 1.165) is 25.8 Å². The third-order valence-electron chi connectivity index (χ3n) is 5.54. The van der Waals surface area contributed by atoms with Crippen LogP contribution in [0.15, 0.2) is 24.4 Å². The molecule has 6 nitrogen and oxygen atoms in total. The van der Waals surface area contributed by atoms with Gasteiger partial charge in [-0.05, 0) is 49.3 Å². The Morgan fingerprint density at radius 3 is 2.77 bits per heavy atom. The maximum atomic E-state index is 15.1. The molecular formula is C22H25ClFN5O. The first-order valence-corrected chi connectivity index (χ1v) is 10.3. The van der Waals surface area contributed by atoms with Crippen LogP contribution >= 0.6 is 11.6 Å². The number of carbonyl (C=O) groups excluding carboxylic acids is 1. The van der Waals surface area contributed by atoms with Crippen LogP contribution in [0.4, 0.5) is 15.9 Å². The molecule has 1 aromatic heterocycles. The number of aromatic nitrogens is 1. The second kappa shape index (κ2) is 9.31. The average molecular weight is 430 g/mol. The molecule has 1 heterocycles. The molecule has 8 heteroatoms. The van der Waals surface area contributed by atoms with Gasteiger partial charge in [-0.25, -0.2) is 9.37 Å². The van der Waals surface area contributed by atoms with Crippen LogP contribution in [0.3, 0.4) is 0 Å². The molecule has 3 rings (SSSR count). The number of hydrogen-bond donors (Lipinski definition) is 2. The van der Waals surface area contributed by atoms with E-state index < -0.39 is 11.7 Å². The Morgan fingerprint density at radius 2 is 2.10 bits per heavy atom. The van der Waals surface area contributed by atoms with Crippen molar-refractivity contribution in [1.82, 2.24) is 9.88 Å². The van der Waals surface area contributed by atoms with Crippen LogP contribution in [0.25, 0.3) is 11.1 Å². The molecule has 1 aromatic carbocycles. The molecule has 30 heavy (non-hydrogen) atoms. The second-order valence-electron chi connectivity index (χ2n) is 7.93. The molecule has 2 aromatic rings. The maximum absolute atomic E-state index is 15.1. The molecule has 1 saturated carbocycles. The van der Waals surface area contributed by atoms with Crippen LogP contribution in [-0.4, -0.2) is 36.4 Å². The number of nitrogens with zero attached hydrogens (tertiary/aromatic N) is 3. The second-order valence-corrected chi connectivity index (χ2v) is 8.34. The predicted molar refractivity (Wildman–Crippen MR) is 117 cm³/mol. The van der Waals surface area contributed by atoms with Crippen molar-refractivity contribution in [2.45, 2.75) is 25.7 Å². The van der Waals surface area contributed by atoms with Crippen molar-refractivity contribution >= 4 is 29.0 Å². The van der Waals surface area contributed by atoms with Crippen molar-refractivity contribution in [2.24, 2.45) is 11.8 Å². The van der Waals surface area contributed by atoms with Crippen molar-refractivity contribution in [1.29, 1.82) is 5.26 Å². The number of carbonyl (C=O) groups is 1. The molecule has 3 N–H and O–H groups in total. The maximum Gasteiger partial charge on any atom is 0.258 e. The fraction of sp³-hybridized carbons (Fsp3) is 0.409. The zero-order valence-electron chi connectivity index (χ0n) is 17.1. The van der Waals surface area contributed by atoms with Crippen LogP contribution < -0.4 is 11.1 Å². The first kappa shape index (κ1) is 21.8. The fourth-order valence-corrected chi connectivity index (χ4v) is 4.15. The van der Waals surface area contributed by atoms with E-state index in [-0.39, 0.29) is 16.8 Å². The average Bonchev–Trinajstić information content (AvgIpc) is 3.15. The smallest absolute Gasteiger partial charge is 0.258 e. The number of hydrogen-bond acceptors (Lipinski definition) is 5. The van der Waals surface area contributed by atoms with Crippen LogP contribution in [0.1, 0.15) is 36.0 Å². The lowest BCUT2D eigenvalue weighted by molar-refractivity contribution is 0.0824.